The van der Waals surface area contributed by atoms with Crippen LogP contribution in [0.3, 0.4) is 0 Å². The average molecular weight is 381 g/mol. The van der Waals surface area contributed by atoms with Crippen LogP contribution in [0, 0.1) is 13.8 Å². The van der Waals surface area contributed by atoms with Gasteiger partial charge in [-0.2, -0.15) is 0 Å². The Bertz CT molecular complexity index is 686. The lowest BCUT2D eigenvalue weighted by molar-refractivity contribution is 0.603. The van der Waals surface area contributed by atoms with Crippen LogP contribution in [0.25, 0.3) is 0 Å². The van der Waals surface area contributed by atoms with Gasteiger partial charge in [0.15, 0.2) is 0 Å². The van der Waals surface area contributed by atoms with Gasteiger partial charge in [0.2, 0.25) is 0 Å². The summed E-state index contributed by atoms with van der Waals surface area (Å²) in [6.07, 6.45) is 0. The lowest BCUT2D eigenvalue weighted by Crippen LogP contribution is -2.12. The molecule has 0 radical (unpaired) electrons. The highest BCUT2D eigenvalue weighted by molar-refractivity contribution is 9.11. The molecule has 0 saturated heterocycles. The molecule has 1 aromatic carbocycles. The van der Waals surface area contributed by atoms with E-state index in [0.717, 1.165) is 14.9 Å². The maximum Gasteiger partial charge on any atom is 0.271 e. The zero-order valence-corrected chi connectivity index (χ0v) is 14.2. The van der Waals surface area contributed by atoms with Gasteiger partial charge in [-0.25, -0.2) is 8.42 Å². The van der Waals surface area contributed by atoms with Crippen LogP contribution in [0.5, 0.6) is 0 Å². The van der Waals surface area contributed by atoms with Crippen LogP contribution in [0.2, 0.25) is 5.02 Å². The van der Waals surface area contributed by atoms with Crippen LogP contribution in [0.15, 0.2) is 32.3 Å². The molecule has 0 fully saturated rings. The number of halogens is 2. The van der Waals surface area contributed by atoms with Crippen molar-refractivity contribution in [1.82, 2.24) is 0 Å². The topological polar surface area (TPSA) is 46.2 Å². The summed E-state index contributed by atoms with van der Waals surface area (Å²) in [6, 6.07) is 6.87. The average Bonchev–Trinajstić information content (AvgIpc) is 2.66. The van der Waals surface area contributed by atoms with Gasteiger partial charge in [-0.05, 0) is 53.0 Å². The number of sulfonamides is 1. The van der Waals surface area contributed by atoms with Gasteiger partial charge in [-0.15, -0.1) is 11.3 Å². The number of anilines is 1. The normalized spacial score (nSPS) is 11.6. The van der Waals surface area contributed by atoms with E-state index in [-0.39, 0.29) is 4.21 Å². The van der Waals surface area contributed by atoms with Crippen molar-refractivity contribution in [2.24, 2.45) is 0 Å². The van der Waals surface area contributed by atoms with Crippen molar-refractivity contribution < 1.29 is 8.42 Å². The second-order valence-electron chi connectivity index (χ2n) is 4.06. The number of hydrogen-bond acceptors (Lipinski definition) is 3. The van der Waals surface area contributed by atoms with Crippen molar-refractivity contribution in [3.63, 3.8) is 0 Å². The monoisotopic (exact) mass is 379 g/mol. The summed E-state index contributed by atoms with van der Waals surface area (Å²) in [7, 11) is -3.61. The molecule has 0 aliphatic rings. The van der Waals surface area contributed by atoms with E-state index in [1.165, 1.54) is 11.3 Å². The standard InChI is InChI=1S/C12H11BrClNO2S2/c1-7-4-3-5-9(14)11(7)15-19(16,17)10-6-8(2)12(13)18-10/h3-6,15H,1-2H3. The van der Waals surface area contributed by atoms with E-state index >= 15 is 0 Å². The van der Waals surface area contributed by atoms with Gasteiger partial charge in [-0.1, -0.05) is 23.7 Å². The Labute approximate surface area is 129 Å². The van der Waals surface area contributed by atoms with E-state index in [0.29, 0.717) is 10.7 Å². The second kappa shape index (κ2) is 5.44. The van der Waals surface area contributed by atoms with Gasteiger partial charge in [0.25, 0.3) is 10.0 Å². The number of para-hydroxylation sites is 1. The highest BCUT2D eigenvalue weighted by atomic mass is 79.9. The van der Waals surface area contributed by atoms with Crippen molar-refractivity contribution in [2.45, 2.75) is 18.1 Å². The minimum atomic E-state index is -3.61. The summed E-state index contributed by atoms with van der Waals surface area (Å²) in [6.45, 7) is 3.65. The SMILES string of the molecule is Cc1cc(S(=O)(=O)Nc2c(C)cccc2Cl)sc1Br. The molecule has 102 valence electrons. The Morgan fingerprint density at radius 3 is 2.47 bits per heavy atom. The van der Waals surface area contributed by atoms with E-state index in [1.54, 1.807) is 31.2 Å². The molecular weight excluding hydrogens is 370 g/mol. The third-order valence-electron chi connectivity index (χ3n) is 2.56. The molecule has 3 nitrogen and oxygen atoms in total. The molecule has 1 aromatic heterocycles. The summed E-state index contributed by atoms with van der Waals surface area (Å²) < 4.78 is 28.2. The summed E-state index contributed by atoms with van der Waals surface area (Å²) in [5, 5.41) is 0.385. The van der Waals surface area contributed by atoms with Crippen LogP contribution in [-0.2, 0) is 10.0 Å². The fourth-order valence-corrected chi connectivity index (χ4v) is 5.21. The summed E-state index contributed by atoms with van der Waals surface area (Å²) >= 11 is 10.5. The maximum absolute atomic E-state index is 12.3. The minimum absolute atomic E-state index is 0.260. The zero-order chi connectivity index (χ0) is 14.2. The number of hydrogen-bond donors (Lipinski definition) is 1. The van der Waals surface area contributed by atoms with E-state index < -0.39 is 10.0 Å². The molecule has 0 amide bonds. The fourth-order valence-electron chi connectivity index (χ4n) is 1.51. The molecule has 0 spiro atoms. The number of benzene rings is 1. The molecule has 2 aromatic rings. The smallest absolute Gasteiger partial charge is 0.271 e. The third-order valence-corrected chi connectivity index (χ3v) is 6.83. The molecule has 0 atom stereocenters. The molecule has 2 rings (SSSR count). The van der Waals surface area contributed by atoms with Crippen molar-refractivity contribution in [1.29, 1.82) is 0 Å². The Morgan fingerprint density at radius 1 is 1.26 bits per heavy atom. The van der Waals surface area contributed by atoms with Gasteiger partial charge in [0.1, 0.15) is 4.21 Å². The van der Waals surface area contributed by atoms with Crippen molar-refractivity contribution in [3.05, 3.63) is 44.2 Å². The van der Waals surface area contributed by atoms with E-state index in [9.17, 15) is 8.42 Å². The highest BCUT2D eigenvalue weighted by Crippen LogP contribution is 2.33. The summed E-state index contributed by atoms with van der Waals surface area (Å²) in [5.74, 6) is 0. The molecule has 1 heterocycles. The van der Waals surface area contributed by atoms with E-state index in [2.05, 4.69) is 20.7 Å². The molecule has 19 heavy (non-hydrogen) atoms. The Morgan fingerprint density at radius 2 is 1.95 bits per heavy atom. The number of aryl methyl sites for hydroxylation is 2. The van der Waals surface area contributed by atoms with Gasteiger partial charge < -0.3 is 0 Å². The first-order chi connectivity index (χ1) is 8.81. The summed E-state index contributed by atoms with van der Waals surface area (Å²) in [5.41, 5.74) is 2.09. The van der Waals surface area contributed by atoms with Crippen LogP contribution >= 0.6 is 38.9 Å². The highest BCUT2D eigenvalue weighted by Gasteiger charge is 2.20. The van der Waals surface area contributed by atoms with Crippen molar-refractivity contribution >= 4 is 54.6 Å². The third kappa shape index (κ3) is 3.13. The molecular formula is C12H11BrClNO2S2. The predicted octanol–water partition coefficient (Wildman–Crippen LogP) is 4.58. The minimum Gasteiger partial charge on any atom is -0.277 e. The van der Waals surface area contributed by atoms with Gasteiger partial charge in [0.05, 0.1) is 14.5 Å². The van der Waals surface area contributed by atoms with Gasteiger partial charge >= 0.3 is 0 Å². The first kappa shape index (κ1) is 14.8. The molecule has 0 aliphatic heterocycles. The molecule has 0 saturated carbocycles. The first-order valence-electron chi connectivity index (χ1n) is 5.35. The van der Waals surface area contributed by atoms with E-state index in [4.69, 9.17) is 11.6 Å². The maximum atomic E-state index is 12.3. The number of thiophene rings is 1. The molecule has 1 N–H and O–H groups in total. The lowest BCUT2D eigenvalue weighted by atomic mass is 10.2. The Kier molecular flexibility index (Phi) is 4.25. The molecule has 7 heteroatoms. The number of rotatable bonds is 3. The Balaban J connectivity index is 2.42. The first-order valence-corrected chi connectivity index (χ1v) is 8.82. The summed E-state index contributed by atoms with van der Waals surface area (Å²) in [4.78, 5) is 0. The van der Waals surface area contributed by atoms with Crippen LogP contribution < -0.4 is 4.72 Å². The van der Waals surface area contributed by atoms with Gasteiger partial charge in [-0.3, -0.25) is 4.72 Å². The molecule has 0 aliphatic carbocycles. The quantitative estimate of drug-likeness (QED) is 0.847. The Hall–Kier alpha value is -0.560. The van der Waals surface area contributed by atoms with Crippen LogP contribution in [-0.4, -0.2) is 8.42 Å². The molecule has 0 unspecified atom stereocenters. The largest absolute Gasteiger partial charge is 0.277 e. The molecule has 0 bridgehead atoms. The second-order valence-corrected chi connectivity index (χ2v) is 8.75. The lowest BCUT2D eigenvalue weighted by Gasteiger charge is -2.10. The van der Waals surface area contributed by atoms with Crippen molar-refractivity contribution in [3.8, 4) is 0 Å². The number of nitrogens with one attached hydrogen (secondary N) is 1. The van der Waals surface area contributed by atoms with Crippen LogP contribution in [0.4, 0.5) is 5.69 Å². The van der Waals surface area contributed by atoms with E-state index in [1.807, 2.05) is 6.92 Å². The predicted molar refractivity (Wildman–Crippen MR) is 83.8 cm³/mol. The van der Waals surface area contributed by atoms with Gasteiger partial charge in [0, 0.05) is 0 Å². The van der Waals surface area contributed by atoms with Crippen LogP contribution in [0.1, 0.15) is 11.1 Å². The fraction of sp³-hybridized carbons (Fsp3) is 0.167. The zero-order valence-electron chi connectivity index (χ0n) is 10.2. The van der Waals surface area contributed by atoms with Crippen molar-refractivity contribution in [2.75, 3.05) is 4.72 Å².